The van der Waals surface area contributed by atoms with Crippen LogP contribution in [0.25, 0.3) is 6.08 Å². The van der Waals surface area contributed by atoms with Gasteiger partial charge in [-0.1, -0.05) is 30.3 Å². The molecule has 1 heterocycles. The molecule has 0 bridgehead atoms. The maximum Gasteiger partial charge on any atom is 0.246 e. The van der Waals surface area contributed by atoms with Crippen molar-refractivity contribution in [2.75, 3.05) is 7.05 Å². The molecule has 0 N–H and O–H groups in total. The quantitative estimate of drug-likeness (QED) is 0.574. The minimum atomic E-state index is -0.108. The van der Waals surface area contributed by atoms with Gasteiger partial charge in [-0.25, -0.2) is 0 Å². The fourth-order valence-electron chi connectivity index (χ4n) is 2.70. The van der Waals surface area contributed by atoms with Crippen molar-refractivity contribution >= 4 is 12.0 Å². The first-order valence-electron chi connectivity index (χ1n) is 9.19. The van der Waals surface area contributed by atoms with E-state index in [0.29, 0.717) is 18.7 Å². The zero-order valence-electron chi connectivity index (χ0n) is 16.2. The van der Waals surface area contributed by atoms with Crippen molar-refractivity contribution in [3.8, 4) is 11.8 Å². The third-order valence-corrected chi connectivity index (χ3v) is 4.26. The molecular weight excluding hydrogens is 362 g/mol. The summed E-state index contributed by atoms with van der Waals surface area (Å²) in [5.74, 6) is 0.636. The summed E-state index contributed by atoms with van der Waals surface area (Å²) in [7, 11) is 1.74. The average Bonchev–Trinajstić information content (AvgIpc) is 2.77. The first-order valence-corrected chi connectivity index (χ1v) is 9.19. The maximum atomic E-state index is 12.3. The van der Waals surface area contributed by atoms with E-state index in [1.54, 1.807) is 36.4 Å². The molecule has 0 aliphatic carbocycles. The molecule has 0 radical (unpaired) electrons. The molecule has 5 heteroatoms. The topological polar surface area (TPSA) is 66.2 Å². The van der Waals surface area contributed by atoms with Crippen LogP contribution in [0.4, 0.5) is 0 Å². The lowest BCUT2D eigenvalue weighted by atomic mass is 10.1. The number of hydrogen-bond acceptors (Lipinski definition) is 4. The third kappa shape index (κ3) is 6.05. The molecule has 29 heavy (non-hydrogen) atoms. The predicted octanol–water partition coefficient (Wildman–Crippen LogP) is 4.20. The Morgan fingerprint density at radius 2 is 1.97 bits per heavy atom. The fourth-order valence-corrected chi connectivity index (χ4v) is 2.70. The summed E-state index contributed by atoms with van der Waals surface area (Å²) in [6, 6.07) is 22.6. The van der Waals surface area contributed by atoms with Crippen LogP contribution in [0, 0.1) is 11.3 Å². The molecule has 3 rings (SSSR count). The molecule has 0 aliphatic rings. The first-order chi connectivity index (χ1) is 14.1. The number of likely N-dealkylation sites (N-methyl/N-ethyl adjacent to an activating group) is 1. The fraction of sp³-hybridized carbons (Fsp3) is 0.125. The number of nitrogens with zero attached hydrogens (tertiary/aromatic N) is 3. The van der Waals surface area contributed by atoms with E-state index < -0.39 is 0 Å². The van der Waals surface area contributed by atoms with Crippen molar-refractivity contribution in [1.29, 1.82) is 5.26 Å². The minimum absolute atomic E-state index is 0.108. The zero-order valence-corrected chi connectivity index (χ0v) is 16.2. The average molecular weight is 383 g/mol. The third-order valence-electron chi connectivity index (χ3n) is 4.26. The number of pyridine rings is 1. The Labute approximate surface area is 170 Å². The van der Waals surface area contributed by atoms with Gasteiger partial charge in [0.2, 0.25) is 5.91 Å². The minimum Gasteiger partial charge on any atom is -0.487 e. The molecule has 0 unspecified atom stereocenters. The number of aromatic nitrogens is 1. The number of ether oxygens (including phenoxy) is 1. The van der Waals surface area contributed by atoms with Crippen molar-refractivity contribution in [3.63, 3.8) is 0 Å². The van der Waals surface area contributed by atoms with Gasteiger partial charge in [-0.15, -0.1) is 0 Å². The summed E-state index contributed by atoms with van der Waals surface area (Å²) in [6.45, 7) is 0.852. The highest BCUT2D eigenvalue weighted by atomic mass is 16.5. The highest BCUT2D eigenvalue weighted by Crippen LogP contribution is 2.15. The van der Waals surface area contributed by atoms with Crippen molar-refractivity contribution in [1.82, 2.24) is 9.88 Å². The number of hydrogen-bond donors (Lipinski definition) is 0. The van der Waals surface area contributed by atoms with Gasteiger partial charge in [0.15, 0.2) is 0 Å². The van der Waals surface area contributed by atoms with E-state index >= 15 is 0 Å². The Hall–Kier alpha value is -3.91. The van der Waals surface area contributed by atoms with Gasteiger partial charge < -0.3 is 9.64 Å². The standard InChI is InChI=1S/C24H21N3O2/c1-27(17-21-6-4-5-20(15-21)16-25)24(28)13-10-19-8-11-23(12-9-19)29-18-22-7-2-3-14-26-22/h2-15H,17-18H2,1H3/b13-10+. The van der Waals surface area contributed by atoms with E-state index in [-0.39, 0.29) is 5.91 Å². The number of amides is 1. The second kappa shape index (κ2) is 9.86. The van der Waals surface area contributed by atoms with Gasteiger partial charge in [0.1, 0.15) is 12.4 Å². The summed E-state index contributed by atoms with van der Waals surface area (Å²) in [4.78, 5) is 18.2. The lowest BCUT2D eigenvalue weighted by Crippen LogP contribution is -2.24. The van der Waals surface area contributed by atoms with Crippen LogP contribution in [0.3, 0.4) is 0 Å². The molecular formula is C24H21N3O2. The van der Waals surface area contributed by atoms with Crippen molar-refractivity contribution in [2.45, 2.75) is 13.2 Å². The summed E-state index contributed by atoms with van der Waals surface area (Å²) >= 11 is 0. The van der Waals surface area contributed by atoms with Crippen LogP contribution in [-0.2, 0) is 17.9 Å². The van der Waals surface area contributed by atoms with E-state index in [9.17, 15) is 4.79 Å². The summed E-state index contributed by atoms with van der Waals surface area (Å²) in [6.07, 6.45) is 5.05. The molecule has 2 aromatic carbocycles. The van der Waals surface area contributed by atoms with Crippen LogP contribution >= 0.6 is 0 Å². The monoisotopic (exact) mass is 383 g/mol. The molecule has 0 saturated heterocycles. The Bertz CT molecular complexity index is 1020. The molecule has 1 amide bonds. The van der Waals surface area contributed by atoms with Crippen LogP contribution in [-0.4, -0.2) is 22.8 Å². The molecule has 144 valence electrons. The Kier molecular flexibility index (Phi) is 6.75. The summed E-state index contributed by atoms with van der Waals surface area (Å²) in [5, 5.41) is 8.97. The van der Waals surface area contributed by atoms with Gasteiger partial charge in [-0.3, -0.25) is 9.78 Å². The maximum absolute atomic E-state index is 12.3. The van der Waals surface area contributed by atoms with Crippen LogP contribution in [0.1, 0.15) is 22.4 Å². The zero-order chi connectivity index (χ0) is 20.5. The molecule has 0 spiro atoms. The van der Waals surface area contributed by atoms with Gasteiger partial charge in [-0.2, -0.15) is 5.26 Å². The molecule has 0 saturated carbocycles. The normalized spacial score (nSPS) is 10.5. The number of benzene rings is 2. The predicted molar refractivity (Wildman–Crippen MR) is 112 cm³/mol. The molecule has 5 nitrogen and oxygen atoms in total. The highest BCUT2D eigenvalue weighted by molar-refractivity contribution is 5.91. The van der Waals surface area contributed by atoms with Crippen LogP contribution in [0.15, 0.2) is 79.0 Å². The van der Waals surface area contributed by atoms with Gasteiger partial charge >= 0.3 is 0 Å². The number of carbonyl (C=O) groups excluding carboxylic acids is 1. The SMILES string of the molecule is CN(Cc1cccc(C#N)c1)C(=O)/C=C/c1ccc(OCc2ccccn2)cc1. The highest BCUT2D eigenvalue weighted by Gasteiger charge is 2.06. The van der Waals surface area contributed by atoms with E-state index in [0.717, 1.165) is 22.6 Å². The first kappa shape index (κ1) is 19.8. The molecule has 0 fully saturated rings. The molecule has 3 aromatic rings. The van der Waals surface area contributed by atoms with E-state index in [1.165, 1.54) is 6.08 Å². The number of rotatable bonds is 7. The van der Waals surface area contributed by atoms with E-state index in [1.807, 2.05) is 54.6 Å². The Morgan fingerprint density at radius 3 is 2.69 bits per heavy atom. The van der Waals surface area contributed by atoms with Gasteiger partial charge in [0.25, 0.3) is 0 Å². The van der Waals surface area contributed by atoms with E-state index in [4.69, 9.17) is 10.00 Å². The van der Waals surface area contributed by atoms with Crippen molar-refractivity contribution < 1.29 is 9.53 Å². The largest absolute Gasteiger partial charge is 0.487 e. The van der Waals surface area contributed by atoms with Crippen LogP contribution < -0.4 is 4.74 Å². The van der Waals surface area contributed by atoms with Crippen LogP contribution in [0.2, 0.25) is 0 Å². The Morgan fingerprint density at radius 1 is 1.14 bits per heavy atom. The summed E-state index contributed by atoms with van der Waals surface area (Å²) in [5.41, 5.74) is 3.28. The molecule has 0 atom stereocenters. The lowest BCUT2D eigenvalue weighted by Gasteiger charge is -2.15. The Balaban J connectivity index is 1.53. The van der Waals surface area contributed by atoms with Gasteiger partial charge in [0.05, 0.1) is 17.3 Å². The van der Waals surface area contributed by atoms with Crippen LogP contribution in [0.5, 0.6) is 5.75 Å². The van der Waals surface area contributed by atoms with Gasteiger partial charge in [0, 0.05) is 25.9 Å². The van der Waals surface area contributed by atoms with E-state index in [2.05, 4.69) is 11.1 Å². The summed E-state index contributed by atoms with van der Waals surface area (Å²) < 4.78 is 5.71. The van der Waals surface area contributed by atoms with Crippen molar-refractivity contribution in [2.24, 2.45) is 0 Å². The number of carbonyl (C=O) groups is 1. The second-order valence-corrected chi connectivity index (χ2v) is 6.52. The lowest BCUT2D eigenvalue weighted by molar-refractivity contribution is -0.125. The van der Waals surface area contributed by atoms with Gasteiger partial charge in [-0.05, 0) is 53.6 Å². The second-order valence-electron chi connectivity index (χ2n) is 6.52. The number of nitriles is 1. The molecule has 0 aliphatic heterocycles. The van der Waals surface area contributed by atoms with Crippen molar-refractivity contribution in [3.05, 3.63) is 101 Å². The molecule has 1 aromatic heterocycles. The smallest absolute Gasteiger partial charge is 0.246 e.